The maximum absolute atomic E-state index is 9.72. The molecule has 20 heavy (non-hydrogen) atoms. The molecule has 0 saturated carbocycles. The van der Waals surface area contributed by atoms with Crippen LogP contribution in [0.2, 0.25) is 0 Å². The molecule has 5 heteroatoms. The number of aliphatic hydroxyl groups excluding tert-OH is 1. The van der Waals surface area contributed by atoms with E-state index in [2.05, 4.69) is 21.9 Å². The SMILES string of the molecule is CCCn1ncnc1CN1CCCCCC1CC(C)O. The van der Waals surface area contributed by atoms with E-state index >= 15 is 0 Å². The monoisotopic (exact) mass is 280 g/mol. The van der Waals surface area contributed by atoms with E-state index in [1.165, 1.54) is 25.7 Å². The van der Waals surface area contributed by atoms with Crippen molar-refractivity contribution in [3.8, 4) is 0 Å². The van der Waals surface area contributed by atoms with Crippen molar-refractivity contribution in [2.75, 3.05) is 6.54 Å². The van der Waals surface area contributed by atoms with Crippen molar-refractivity contribution in [2.24, 2.45) is 0 Å². The number of aliphatic hydroxyl groups is 1. The van der Waals surface area contributed by atoms with Gasteiger partial charge in [0.2, 0.25) is 0 Å². The van der Waals surface area contributed by atoms with Gasteiger partial charge in [-0.1, -0.05) is 19.8 Å². The van der Waals surface area contributed by atoms with Gasteiger partial charge in [0.1, 0.15) is 12.2 Å². The molecular weight excluding hydrogens is 252 g/mol. The van der Waals surface area contributed by atoms with Gasteiger partial charge in [0, 0.05) is 12.6 Å². The molecule has 1 fully saturated rings. The molecule has 2 atom stereocenters. The predicted molar refractivity (Wildman–Crippen MR) is 79.3 cm³/mol. The highest BCUT2D eigenvalue weighted by atomic mass is 16.3. The van der Waals surface area contributed by atoms with Crippen LogP contribution in [0.5, 0.6) is 0 Å². The summed E-state index contributed by atoms with van der Waals surface area (Å²) in [6.07, 6.45) is 8.38. The number of rotatable bonds is 6. The summed E-state index contributed by atoms with van der Waals surface area (Å²) in [5, 5.41) is 14.0. The minimum Gasteiger partial charge on any atom is -0.393 e. The first kappa shape index (κ1) is 15.4. The molecule has 0 radical (unpaired) electrons. The zero-order valence-corrected chi connectivity index (χ0v) is 12.8. The first-order valence-corrected chi connectivity index (χ1v) is 7.99. The van der Waals surface area contributed by atoms with E-state index in [-0.39, 0.29) is 6.10 Å². The van der Waals surface area contributed by atoms with Crippen molar-refractivity contribution >= 4 is 0 Å². The smallest absolute Gasteiger partial charge is 0.141 e. The first-order chi connectivity index (χ1) is 9.70. The molecule has 0 aromatic carbocycles. The molecule has 1 aliphatic rings. The molecule has 1 aliphatic heterocycles. The highest BCUT2D eigenvalue weighted by molar-refractivity contribution is 4.88. The summed E-state index contributed by atoms with van der Waals surface area (Å²) in [7, 11) is 0. The number of likely N-dealkylation sites (tertiary alicyclic amines) is 1. The normalized spacial score (nSPS) is 22.6. The van der Waals surface area contributed by atoms with Gasteiger partial charge in [0.15, 0.2) is 0 Å². The van der Waals surface area contributed by atoms with Crippen molar-refractivity contribution in [3.05, 3.63) is 12.2 Å². The van der Waals surface area contributed by atoms with Gasteiger partial charge in [-0.25, -0.2) is 9.67 Å². The number of hydrogen-bond acceptors (Lipinski definition) is 4. The van der Waals surface area contributed by atoms with Crippen LogP contribution in [0.1, 0.15) is 58.2 Å². The molecule has 0 amide bonds. The third-order valence-corrected chi connectivity index (χ3v) is 4.09. The summed E-state index contributed by atoms with van der Waals surface area (Å²) in [4.78, 5) is 6.92. The lowest BCUT2D eigenvalue weighted by Crippen LogP contribution is -2.37. The molecule has 1 N–H and O–H groups in total. The summed E-state index contributed by atoms with van der Waals surface area (Å²) in [6, 6.07) is 0.476. The average Bonchev–Trinajstić information content (AvgIpc) is 2.71. The Bertz CT molecular complexity index is 391. The van der Waals surface area contributed by atoms with E-state index in [0.29, 0.717) is 6.04 Å². The Morgan fingerprint density at radius 2 is 2.25 bits per heavy atom. The Morgan fingerprint density at radius 3 is 3.00 bits per heavy atom. The van der Waals surface area contributed by atoms with Crippen molar-refractivity contribution in [3.63, 3.8) is 0 Å². The van der Waals surface area contributed by atoms with E-state index in [4.69, 9.17) is 0 Å². The van der Waals surface area contributed by atoms with Crippen LogP contribution < -0.4 is 0 Å². The summed E-state index contributed by atoms with van der Waals surface area (Å²) in [6.45, 7) is 6.95. The van der Waals surface area contributed by atoms with Crippen molar-refractivity contribution in [1.29, 1.82) is 0 Å². The summed E-state index contributed by atoms with van der Waals surface area (Å²) >= 11 is 0. The largest absolute Gasteiger partial charge is 0.393 e. The molecule has 0 aliphatic carbocycles. The Hall–Kier alpha value is -0.940. The van der Waals surface area contributed by atoms with Crippen molar-refractivity contribution in [2.45, 2.75) is 77.6 Å². The van der Waals surface area contributed by atoms with Crippen LogP contribution in [0.25, 0.3) is 0 Å². The molecule has 0 bridgehead atoms. The van der Waals surface area contributed by atoms with Crippen molar-refractivity contribution in [1.82, 2.24) is 19.7 Å². The fraction of sp³-hybridized carbons (Fsp3) is 0.867. The second kappa shape index (κ2) is 7.74. The standard InChI is InChI=1S/C15H28N4O/c1-3-8-19-15(16-12-17-19)11-18-9-6-4-5-7-14(18)10-13(2)20/h12-14,20H,3-11H2,1-2H3. The molecule has 0 spiro atoms. The van der Waals surface area contributed by atoms with Crippen LogP contribution in [-0.4, -0.2) is 43.5 Å². The Kier molecular flexibility index (Phi) is 5.98. The lowest BCUT2D eigenvalue weighted by molar-refractivity contribution is 0.105. The maximum Gasteiger partial charge on any atom is 0.141 e. The third kappa shape index (κ3) is 4.28. The van der Waals surface area contributed by atoms with Gasteiger partial charge >= 0.3 is 0 Å². The Morgan fingerprint density at radius 1 is 1.40 bits per heavy atom. The second-order valence-corrected chi connectivity index (χ2v) is 5.96. The number of hydrogen-bond donors (Lipinski definition) is 1. The summed E-state index contributed by atoms with van der Waals surface area (Å²) in [5.41, 5.74) is 0. The molecule has 5 nitrogen and oxygen atoms in total. The quantitative estimate of drug-likeness (QED) is 0.868. The van der Waals surface area contributed by atoms with E-state index in [0.717, 1.165) is 38.3 Å². The highest BCUT2D eigenvalue weighted by Gasteiger charge is 2.23. The van der Waals surface area contributed by atoms with Crippen LogP contribution in [0, 0.1) is 0 Å². The number of aryl methyl sites for hydroxylation is 1. The molecule has 1 saturated heterocycles. The molecule has 2 rings (SSSR count). The molecule has 1 aromatic rings. The van der Waals surface area contributed by atoms with Crippen molar-refractivity contribution < 1.29 is 5.11 Å². The molecule has 2 heterocycles. The Labute approximate surface area is 122 Å². The van der Waals surface area contributed by atoms with Gasteiger partial charge in [-0.05, 0) is 39.2 Å². The van der Waals surface area contributed by atoms with E-state index in [1.807, 2.05) is 11.6 Å². The molecule has 2 unspecified atom stereocenters. The number of nitrogens with zero attached hydrogens (tertiary/aromatic N) is 4. The summed E-state index contributed by atoms with van der Waals surface area (Å²) < 4.78 is 2.02. The fourth-order valence-corrected chi connectivity index (χ4v) is 3.10. The summed E-state index contributed by atoms with van der Waals surface area (Å²) in [5.74, 6) is 1.06. The van der Waals surface area contributed by atoms with Crippen LogP contribution >= 0.6 is 0 Å². The molecule has 1 aromatic heterocycles. The molecule has 114 valence electrons. The van der Waals surface area contributed by atoms with Gasteiger partial charge in [-0.15, -0.1) is 0 Å². The van der Waals surface area contributed by atoms with E-state index in [9.17, 15) is 5.11 Å². The van der Waals surface area contributed by atoms with Gasteiger partial charge in [0.25, 0.3) is 0 Å². The maximum atomic E-state index is 9.72. The van der Waals surface area contributed by atoms with Crippen LogP contribution in [-0.2, 0) is 13.1 Å². The number of aromatic nitrogens is 3. The van der Waals surface area contributed by atoms with Crippen LogP contribution in [0.3, 0.4) is 0 Å². The van der Waals surface area contributed by atoms with E-state index < -0.39 is 0 Å². The predicted octanol–water partition coefficient (Wildman–Crippen LogP) is 2.20. The van der Waals surface area contributed by atoms with Gasteiger partial charge in [-0.3, -0.25) is 4.90 Å². The lowest BCUT2D eigenvalue weighted by Gasteiger charge is -2.30. The second-order valence-electron chi connectivity index (χ2n) is 5.96. The zero-order valence-electron chi connectivity index (χ0n) is 12.8. The minimum atomic E-state index is -0.228. The van der Waals surface area contributed by atoms with Gasteiger partial charge in [0.05, 0.1) is 12.6 Å². The van der Waals surface area contributed by atoms with E-state index in [1.54, 1.807) is 6.33 Å². The van der Waals surface area contributed by atoms with Crippen LogP contribution in [0.4, 0.5) is 0 Å². The highest BCUT2D eigenvalue weighted by Crippen LogP contribution is 2.22. The lowest BCUT2D eigenvalue weighted by atomic mass is 10.0. The third-order valence-electron chi connectivity index (χ3n) is 4.09. The minimum absolute atomic E-state index is 0.228. The first-order valence-electron chi connectivity index (χ1n) is 7.99. The zero-order chi connectivity index (χ0) is 14.4. The average molecular weight is 280 g/mol. The van der Waals surface area contributed by atoms with Gasteiger partial charge < -0.3 is 5.11 Å². The molecular formula is C15H28N4O. The Balaban J connectivity index is 2.04. The van der Waals surface area contributed by atoms with Crippen LogP contribution in [0.15, 0.2) is 6.33 Å². The fourth-order valence-electron chi connectivity index (χ4n) is 3.10. The van der Waals surface area contributed by atoms with Gasteiger partial charge in [-0.2, -0.15) is 5.10 Å². The topological polar surface area (TPSA) is 54.2 Å².